The molecule has 0 fully saturated rings. The topological polar surface area (TPSA) is 86.2 Å². The van der Waals surface area contributed by atoms with Crippen LogP contribution in [0.25, 0.3) is 33.7 Å². The van der Waals surface area contributed by atoms with E-state index >= 15 is 0 Å². The number of benzene rings is 3. The molecule has 0 bridgehead atoms. The van der Waals surface area contributed by atoms with Crippen molar-refractivity contribution in [3.05, 3.63) is 72.1 Å². The number of hydrogen-bond donors (Lipinski definition) is 0. The minimum Gasteiger partial charge on any atom is -0.441 e. The molecule has 5 aromatic rings. The molecule has 0 radical (unpaired) electrons. The van der Waals surface area contributed by atoms with Gasteiger partial charge < -0.3 is 8.83 Å². The Labute approximate surface area is 166 Å². The molecule has 0 unspecified atom stereocenters. The highest BCUT2D eigenvalue weighted by atomic mass is 32.2. The Hall–Kier alpha value is -3.45. The second-order valence-electron chi connectivity index (χ2n) is 6.88. The van der Waals surface area contributed by atoms with Crippen LogP contribution in [0.3, 0.4) is 0 Å². The van der Waals surface area contributed by atoms with Crippen molar-refractivity contribution in [1.29, 1.82) is 0 Å². The molecule has 0 aliphatic carbocycles. The third-order valence-electron chi connectivity index (χ3n) is 4.74. The van der Waals surface area contributed by atoms with Gasteiger partial charge in [0.25, 0.3) is 0 Å². The van der Waals surface area contributed by atoms with E-state index in [-0.39, 0.29) is 9.79 Å². The molecule has 0 spiro atoms. The SMILES string of the molecule is Cc1ccc(-c2nc3cc(S(=O)(=O)c4ccc5oc(C)nc5c4)ccc3o2)cc1. The van der Waals surface area contributed by atoms with Crippen molar-refractivity contribution < 1.29 is 17.3 Å². The fraction of sp³-hybridized carbons (Fsp3) is 0.0909. The standard InChI is InChI=1S/C22H16N2O4S/c1-13-3-5-15(6-4-13)22-24-19-12-17(8-10-21(19)28-22)29(25,26)16-7-9-20-18(11-16)23-14(2)27-20/h3-12H,1-2H3. The highest BCUT2D eigenvalue weighted by Crippen LogP contribution is 2.29. The summed E-state index contributed by atoms with van der Waals surface area (Å²) in [6.45, 7) is 3.73. The monoisotopic (exact) mass is 404 g/mol. The molecule has 2 heterocycles. The highest BCUT2D eigenvalue weighted by molar-refractivity contribution is 7.91. The molecule has 6 nitrogen and oxygen atoms in total. The molecule has 29 heavy (non-hydrogen) atoms. The molecule has 7 heteroatoms. The van der Waals surface area contributed by atoms with Crippen LogP contribution in [0.4, 0.5) is 0 Å². The van der Waals surface area contributed by atoms with Crippen molar-refractivity contribution in [2.24, 2.45) is 0 Å². The normalized spacial score (nSPS) is 12.1. The predicted molar refractivity (Wildman–Crippen MR) is 108 cm³/mol. The van der Waals surface area contributed by atoms with Crippen LogP contribution in [0.2, 0.25) is 0 Å². The Bertz CT molecular complexity index is 1480. The van der Waals surface area contributed by atoms with E-state index in [0.29, 0.717) is 34.0 Å². The summed E-state index contributed by atoms with van der Waals surface area (Å²) in [4.78, 5) is 8.99. The largest absolute Gasteiger partial charge is 0.441 e. The zero-order chi connectivity index (χ0) is 20.2. The van der Waals surface area contributed by atoms with E-state index in [1.807, 2.05) is 31.2 Å². The minimum atomic E-state index is -3.74. The van der Waals surface area contributed by atoms with Crippen molar-refractivity contribution in [3.63, 3.8) is 0 Å². The average molecular weight is 404 g/mol. The van der Waals surface area contributed by atoms with Crippen molar-refractivity contribution in [1.82, 2.24) is 9.97 Å². The third-order valence-corrected chi connectivity index (χ3v) is 6.49. The van der Waals surface area contributed by atoms with Gasteiger partial charge in [-0.05, 0) is 55.5 Å². The lowest BCUT2D eigenvalue weighted by Crippen LogP contribution is -2.01. The molecule has 0 saturated heterocycles. The van der Waals surface area contributed by atoms with Crippen LogP contribution in [0.15, 0.2) is 79.3 Å². The van der Waals surface area contributed by atoms with Gasteiger partial charge in [-0.25, -0.2) is 18.4 Å². The van der Waals surface area contributed by atoms with Crippen molar-refractivity contribution in [3.8, 4) is 11.5 Å². The maximum atomic E-state index is 13.1. The van der Waals surface area contributed by atoms with E-state index < -0.39 is 9.84 Å². The number of nitrogens with zero attached hydrogens (tertiary/aromatic N) is 2. The number of sulfone groups is 1. The van der Waals surface area contributed by atoms with Gasteiger partial charge in [0.1, 0.15) is 11.0 Å². The smallest absolute Gasteiger partial charge is 0.227 e. The van der Waals surface area contributed by atoms with E-state index in [0.717, 1.165) is 11.1 Å². The summed E-state index contributed by atoms with van der Waals surface area (Å²) in [5.74, 6) is 0.941. The summed E-state index contributed by atoms with van der Waals surface area (Å²) >= 11 is 0. The van der Waals surface area contributed by atoms with Gasteiger partial charge in [-0.2, -0.15) is 0 Å². The van der Waals surface area contributed by atoms with Gasteiger partial charge in [-0.15, -0.1) is 0 Å². The zero-order valence-electron chi connectivity index (χ0n) is 15.7. The Morgan fingerprint density at radius 2 is 1.31 bits per heavy atom. The number of hydrogen-bond acceptors (Lipinski definition) is 6. The first kappa shape index (κ1) is 17.6. The van der Waals surface area contributed by atoms with E-state index in [1.165, 1.54) is 24.3 Å². The Balaban J connectivity index is 1.58. The van der Waals surface area contributed by atoms with Gasteiger partial charge in [0.2, 0.25) is 15.7 Å². The fourth-order valence-electron chi connectivity index (χ4n) is 3.22. The first-order valence-electron chi connectivity index (χ1n) is 9.00. The van der Waals surface area contributed by atoms with Gasteiger partial charge in [0.15, 0.2) is 17.1 Å². The summed E-state index contributed by atoms with van der Waals surface area (Å²) < 4.78 is 37.5. The molecule has 0 amide bonds. The van der Waals surface area contributed by atoms with Crippen LogP contribution in [-0.2, 0) is 9.84 Å². The molecule has 0 aliphatic heterocycles. The van der Waals surface area contributed by atoms with Crippen LogP contribution >= 0.6 is 0 Å². The van der Waals surface area contributed by atoms with Crippen LogP contribution in [0.5, 0.6) is 0 Å². The highest BCUT2D eigenvalue weighted by Gasteiger charge is 2.21. The van der Waals surface area contributed by atoms with Crippen LogP contribution < -0.4 is 0 Å². The number of aryl methyl sites for hydroxylation is 2. The summed E-state index contributed by atoms with van der Waals surface area (Å²) in [6, 6.07) is 17.1. The van der Waals surface area contributed by atoms with Gasteiger partial charge in [0, 0.05) is 12.5 Å². The van der Waals surface area contributed by atoms with Crippen LogP contribution in [-0.4, -0.2) is 18.4 Å². The van der Waals surface area contributed by atoms with E-state index in [9.17, 15) is 8.42 Å². The van der Waals surface area contributed by atoms with Crippen molar-refractivity contribution >= 4 is 32.0 Å². The molecule has 0 aliphatic rings. The van der Waals surface area contributed by atoms with E-state index in [1.54, 1.807) is 19.1 Å². The summed E-state index contributed by atoms with van der Waals surface area (Å²) in [5, 5.41) is 0. The Morgan fingerprint density at radius 3 is 1.97 bits per heavy atom. The summed E-state index contributed by atoms with van der Waals surface area (Å²) in [5.41, 5.74) is 4.05. The van der Waals surface area contributed by atoms with Gasteiger partial charge >= 0.3 is 0 Å². The maximum Gasteiger partial charge on any atom is 0.227 e. The predicted octanol–water partition coefficient (Wildman–Crippen LogP) is 5.09. The fourth-order valence-corrected chi connectivity index (χ4v) is 4.52. The lowest BCUT2D eigenvalue weighted by Gasteiger charge is -2.04. The lowest BCUT2D eigenvalue weighted by atomic mass is 10.1. The first-order valence-corrected chi connectivity index (χ1v) is 10.5. The van der Waals surface area contributed by atoms with E-state index in [2.05, 4.69) is 9.97 Å². The lowest BCUT2D eigenvalue weighted by molar-refractivity contribution is 0.561. The molecule has 0 N–H and O–H groups in total. The Kier molecular flexibility index (Phi) is 3.82. The van der Waals surface area contributed by atoms with Crippen molar-refractivity contribution in [2.75, 3.05) is 0 Å². The third kappa shape index (κ3) is 3.00. The van der Waals surface area contributed by atoms with E-state index in [4.69, 9.17) is 8.83 Å². The molecular weight excluding hydrogens is 388 g/mol. The maximum absolute atomic E-state index is 13.1. The zero-order valence-corrected chi connectivity index (χ0v) is 16.5. The number of fused-ring (bicyclic) bond motifs is 2. The molecule has 0 atom stereocenters. The number of aromatic nitrogens is 2. The van der Waals surface area contributed by atoms with Gasteiger partial charge in [-0.3, -0.25) is 0 Å². The second kappa shape index (κ2) is 6.28. The average Bonchev–Trinajstić information content (AvgIpc) is 3.29. The first-order chi connectivity index (χ1) is 13.9. The number of oxazole rings is 2. The molecular formula is C22H16N2O4S. The summed E-state index contributed by atoms with van der Waals surface area (Å²) in [7, 11) is -3.74. The van der Waals surface area contributed by atoms with Gasteiger partial charge in [-0.1, -0.05) is 17.7 Å². The summed E-state index contributed by atoms with van der Waals surface area (Å²) in [6.07, 6.45) is 0. The minimum absolute atomic E-state index is 0.147. The second-order valence-corrected chi connectivity index (χ2v) is 8.83. The van der Waals surface area contributed by atoms with Gasteiger partial charge in [0.05, 0.1) is 9.79 Å². The van der Waals surface area contributed by atoms with Crippen LogP contribution in [0, 0.1) is 13.8 Å². The molecule has 3 aromatic carbocycles. The number of rotatable bonds is 3. The van der Waals surface area contributed by atoms with Crippen LogP contribution in [0.1, 0.15) is 11.5 Å². The van der Waals surface area contributed by atoms with Crippen molar-refractivity contribution in [2.45, 2.75) is 23.6 Å². The molecule has 5 rings (SSSR count). The molecule has 2 aromatic heterocycles. The molecule has 144 valence electrons. The molecule has 0 saturated carbocycles. The quantitative estimate of drug-likeness (QED) is 0.416. The Morgan fingerprint density at radius 1 is 0.724 bits per heavy atom.